The van der Waals surface area contributed by atoms with Crippen molar-refractivity contribution in [2.75, 3.05) is 0 Å². The summed E-state index contributed by atoms with van der Waals surface area (Å²) in [7, 11) is 0. The van der Waals surface area contributed by atoms with Gasteiger partial charge in [-0.3, -0.25) is 4.79 Å². The van der Waals surface area contributed by atoms with Crippen LogP contribution in [0.3, 0.4) is 0 Å². The summed E-state index contributed by atoms with van der Waals surface area (Å²) >= 11 is 0. The monoisotopic (exact) mass is 254 g/mol. The molecule has 0 amide bonds. The second-order valence-corrected chi connectivity index (χ2v) is 6.27. The summed E-state index contributed by atoms with van der Waals surface area (Å²) < 4.78 is 0. The van der Waals surface area contributed by atoms with Gasteiger partial charge in [0.1, 0.15) is 5.78 Å². The first-order valence-electron chi connectivity index (χ1n) is 7.71. The fourth-order valence-electron chi connectivity index (χ4n) is 3.40. The van der Waals surface area contributed by atoms with Crippen LogP contribution in [-0.4, -0.2) is 16.5 Å². The molecule has 1 N–H and O–H groups in total. The van der Waals surface area contributed by atoms with E-state index in [1.165, 1.54) is 12.8 Å². The van der Waals surface area contributed by atoms with Crippen LogP contribution >= 0.6 is 0 Å². The zero-order chi connectivity index (χ0) is 13.6. The lowest BCUT2D eigenvalue weighted by Gasteiger charge is -2.43. The van der Waals surface area contributed by atoms with Crippen LogP contribution in [0.5, 0.6) is 0 Å². The number of aliphatic hydroxyl groups is 1. The van der Waals surface area contributed by atoms with E-state index in [9.17, 15) is 9.90 Å². The molecular formula is C16H30O2. The van der Waals surface area contributed by atoms with Gasteiger partial charge < -0.3 is 5.11 Å². The van der Waals surface area contributed by atoms with Crippen molar-refractivity contribution >= 4 is 5.78 Å². The van der Waals surface area contributed by atoms with Gasteiger partial charge >= 0.3 is 0 Å². The van der Waals surface area contributed by atoms with E-state index in [1.54, 1.807) is 6.92 Å². The van der Waals surface area contributed by atoms with Crippen LogP contribution in [0.4, 0.5) is 0 Å². The van der Waals surface area contributed by atoms with E-state index in [0.29, 0.717) is 5.78 Å². The van der Waals surface area contributed by atoms with Crippen molar-refractivity contribution in [3.05, 3.63) is 0 Å². The molecule has 0 radical (unpaired) electrons. The van der Waals surface area contributed by atoms with Crippen molar-refractivity contribution in [2.24, 2.45) is 5.41 Å². The molecule has 1 saturated carbocycles. The Morgan fingerprint density at radius 2 is 1.61 bits per heavy atom. The molecule has 2 heteroatoms. The predicted molar refractivity (Wildman–Crippen MR) is 75.6 cm³/mol. The first kappa shape index (κ1) is 15.7. The maximum atomic E-state index is 11.9. The Morgan fingerprint density at radius 1 is 1.00 bits per heavy atom. The van der Waals surface area contributed by atoms with E-state index in [0.717, 1.165) is 51.4 Å². The first-order chi connectivity index (χ1) is 8.48. The van der Waals surface area contributed by atoms with Gasteiger partial charge in [0.2, 0.25) is 0 Å². The van der Waals surface area contributed by atoms with Crippen LogP contribution in [0.1, 0.15) is 85.0 Å². The second kappa shape index (κ2) is 6.70. The molecule has 18 heavy (non-hydrogen) atoms. The minimum Gasteiger partial charge on any atom is -0.390 e. The summed E-state index contributed by atoms with van der Waals surface area (Å²) in [6, 6.07) is 0. The van der Waals surface area contributed by atoms with Gasteiger partial charge in [-0.25, -0.2) is 0 Å². The largest absolute Gasteiger partial charge is 0.390 e. The molecule has 0 unspecified atom stereocenters. The van der Waals surface area contributed by atoms with Crippen molar-refractivity contribution in [1.29, 1.82) is 0 Å². The Bertz CT molecular complexity index is 262. The lowest BCUT2D eigenvalue weighted by Crippen LogP contribution is -2.42. The number of unbranched alkanes of at least 4 members (excludes halogenated alkanes) is 2. The molecule has 0 bridgehead atoms. The molecular weight excluding hydrogens is 224 g/mol. The molecule has 0 aliphatic heterocycles. The molecule has 0 saturated heterocycles. The number of hydrogen-bond acceptors (Lipinski definition) is 2. The smallest absolute Gasteiger partial charge is 0.135 e. The van der Waals surface area contributed by atoms with E-state index < -0.39 is 5.60 Å². The van der Waals surface area contributed by atoms with Gasteiger partial charge in [-0.15, -0.1) is 0 Å². The van der Waals surface area contributed by atoms with Crippen molar-refractivity contribution in [3.63, 3.8) is 0 Å². The second-order valence-electron chi connectivity index (χ2n) is 6.27. The SMILES string of the molecule is CCCCCC1(O)CCC(CCC)(C(C)=O)CC1. The van der Waals surface area contributed by atoms with Crippen LogP contribution in [0, 0.1) is 5.41 Å². The molecule has 0 spiro atoms. The Kier molecular flexibility index (Phi) is 5.84. The molecule has 2 nitrogen and oxygen atoms in total. The first-order valence-corrected chi connectivity index (χ1v) is 7.71. The lowest BCUT2D eigenvalue weighted by atomic mass is 9.64. The van der Waals surface area contributed by atoms with Gasteiger partial charge in [-0.2, -0.15) is 0 Å². The number of rotatable bonds is 7. The van der Waals surface area contributed by atoms with E-state index >= 15 is 0 Å². The third-order valence-corrected chi connectivity index (χ3v) is 4.86. The van der Waals surface area contributed by atoms with Crippen molar-refractivity contribution in [3.8, 4) is 0 Å². The molecule has 0 atom stereocenters. The van der Waals surface area contributed by atoms with Gasteiger partial charge in [0.25, 0.3) is 0 Å². The number of ketones is 1. The standard InChI is InChI=1S/C16H30O2/c1-4-6-7-9-16(18)12-10-15(8-5-2,11-13-16)14(3)17/h18H,4-13H2,1-3H3. The summed E-state index contributed by atoms with van der Waals surface area (Å²) in [5, 5.41) is 10.6. The molecule has 0 heterocycles. The summed E-state index contributed by atoms with van der Waals surface area (Å²) in [5.74, 6) is 0.333. The maximum Gasteiger partial charge on any atom is 0.135 e. The van der Waals surface area contributed by atoms with Crippen LogP contribution in [-0.2, 0) is 4.79 Å². The Morgan fingerprint density at radius 3 is 2.06 bits per heavy atom. The van der Waals surface area contributed by atoms with Crippen LogP contribution in [0.2, 0.25) is 0 Å². The Balaban J connectivity index is 2.54. The Hall–Kier alpha value is -0.370. The quantitative estimate of drug-likeness (QED) is 0.690. The number of hydrogen-bond donors (Lipinski definition) is 1. The summed E-state index contributed by atoms with van der Waals surface area (Å²) in [6.07, 6.45) is 9.90. The fourth-order valence-corrected chi connectivity index (χ4v) is 3.40. The summed E-state index contributed by atoms with van der Waals surface area (Å²) in [6.45, 7) is 6.07. The minimum absolute atomic E-state index is 0.119. The number of carbonyl (C=O) groups is 1. The zero-order valence-corrected chi connectivity index (χ0v) is 12.4. The lowest BCUT2D eigenvalue weighted by molar-refractivity contribution is -0.133. The predicted octanol–water partition coefficient (Wildman–Crippen LogP) is 4.25. The average molecular weight is 254 g/mol. The number of carbonyl (C=O) groups excluding carboxylic acids is 1. The highest BCUT2D eigenvalue weighted by atomic mass is 16.3. The topological polar surface area (TPSA) is 37.3 Å². The molecule has 0 aromatic carbocycles. The molecule has 1 rings (SSSR count). The highest BCUT2D eigenvalue weighted by Crippen LogP contribution is 2.46. The van der Waals surface area contributed by atoms with E-state index in [1.807, 2.05) is 0 Å². The molecule has 1 aliphatic rings. The highest BCUT2D eigenvalue weighted by Gasteiger charge is 2.43. The van der Waals surface area contributed by atoms with Gasteiger partial charge in [0, 0.05) is 5.41 Å². The van der Waals surface area contributed by atoms with Crippen molar-refractivity contribution in [2.45, 2.75) is 90.6 Å². The third-order valence-electron chi connectivity index (χ3n) is 4.86. The molecule has 106 valence electrons. The summed E-state index contributed by atoms with van der Waals surface area (Å²) in [4.78, 5) is 11.9. The Labute approximate surface area is 112 Å². The van der Waals surface area contributed by atoms with Crippen molar-refractivity contribution in [1.82, 2.24) is 0 Å². The molecule has 1 aliphatic carbocycles. The molecule has 0 aromatic rings. The van der Waals surface area contributed by atoms with E-state index in [-0.39, 0.29) is 5.41 Å². The fraction of sp³-hybridized carbons (Fsp3) is 0.938. The van der Waals surface area contributed by atoms with Crippen LogP contribution in [0.15, 0.2) is 0 Å². The van der Waals surface area contributed by atoms with Gasteiger partial charge in [0.15, 0.2) is 0 Å². The van der Waals surface area contributed by atoms with Crippen molar-refractivity contribution < 1.29 is 9.90 Å². The van der Waals surface area contributed by atoms with Crippen LogP contribution in [0.25, 0.3) is 0 Å². The number of Topliss-reactive ketones (excluding diaryl/α,β-unsaturated/α-hetero) is 1. The third kappa shape index (κ3) is 3.81. The highest BCUT2D eigenvalue weighted by molar-refractivity contribution is 5.82. The van der Waals surface area contributed by atoms with Gasteiger partial charge in [-0.1, -0.05) is 39.5 Å². The zero-order valence-electron chi connectivity index (χ0n) is 12.4. The van der Waals surface area contributed by atoms with E-state index in [4.69, 9.17) is 0 Å². The summed E-state index contributed by atoms with van der Waals surface area (Å²) in [5.41, 5.74) is -0.604. The van der Waals surface area contributed by atoms with E-state index in [2.05, 4.69) is 13.8 Å². The van der Waals surface area contributed by atoms with Crippen LogP contribution < -0.4 is 0 Å². The van der Waals surface area contributed by atoms with Gasteiger partial charge in [-0.05, 0) is 45.4 Å². The molecule has 0 aromatic heterocycles. The normalized spacial score (nSPS) is 32.4. The maximum absolute atomic E-state index is 11.9. The minimum atomic E-state index is -0.484. The van der Waals surface area contributed by atoms with Gasteiger partial charge in [0.05, 0.1) is 5.60 Å². The average Bonchev–Trinajstić information content (AvgIpc) is 2.33. The molecule has 1 fully saturated rings.